The summed E-state index contributed by atoms with van der Waals surface area (Å²) in [6, 6.07) is 10.5. The highest BCUT2D eigenvalue weighted by atomic mass is 19.1. The van der Waals surface area contributed by atoms with Crippen LogP contribution in [0.25, 0.3) is 0 Å². The van der Waals surface area contributed by atoms with E-state index in [1.54, 1.807) is 6.07 Å². The molecule has 0 bridgehead atoms. The van der Waals surface area contributed by atoms with E-state index in [-0.39, 0.29) is 12.6 Å². The van der Waals surface area contributed by atoms with E-state index in [1.165, 1.54) is 12.1 Å². The van der Waals surface area contributed by atoms with Crippen molar-refractivity contribution in [3.63, 3.8) is 0 Å². The minimum Gasteiger partial charge on any atom is -0.489 e. The Labute approximate surface area is 110 Å². The number of para-hydroxylation sites is 1. The van der Waals surface area contributed by atoms with Crippen LogP contribution in [0.1, 0.15) is 24.1 Å². The molecule has 0 unspecified atom stereocenters. The number of hydrogen-bond acceptors (Lipinski definition) is 2. The van der Waals surface area contributed by atoms with Gasteiger partial charge in [-0.25, -0.2) is 8.78 Å². The molecule has 0 aliphatic carbocycles. The lowest BCUT2D eigenvalue weighted by molar-refractivity contribution is 0.300. The van der Waals surface area contributed by atoms with E-state index in [9.17, 15) is 8.78 Å². The first-order chi connectivity index (χ1) is 9.06. The average molecular weight is 263 g/mol. The highest BCUT2D eigenvalue weighted by molar-refractivity contribution is 5.35. The van der Waals surface area contributed by atoms with E-state index in [0.717, 1.165) is 11.6 Å². The molecule has 2 aromatic carbocycles. The molecule has 0 amide bonds. The van der Waals surface area contributed by atoms with Gasteiger partial charge in [-0.1, -0.05) is 18.2 Å². The third-order valence-electron chi connectivity index (χ3n) is 2.73. The van der Waals surface area contributed by atoms with Crippen LogP contribution in [0.15, 0.2) is 42.5 Å². The van der Waals surface area contributed by atoms with Gasteiger partial charge in [0.05, 0.1) is 0 Å². The van der Waals surface area contributed by atoms with Crippen LogP contribution in [0.5, 0.6) is 5.75 Å². The Hall–Kier alpha value is -1.94. The summed E-state index contributed by atoms with van der Waals surface area (Å²) < 4.78 is 31.7. The lowest BCUT2D eigenvalue weighted by atomic mass is 10.1. The van der Waals surface area contributed by atoms with Crippen LogP contribution in [0.2, 0.25) is 0 Å². The molecule has 2 nitrogen and oxygen atoms in total. The Bertz CT molecular complexity index is 550. The standard InChI is InChI=1S/C15H15F2NO/c1-10(18)14-4-2-3-5-15(14)19-9-11-6-12(16)8-13(17)7-11/h2-8,10H,9,18H2,1H3/t10-/m1/s1. The monoisotopic (exact) mass is 263 g/mol. The Kier molecular flexibility index (Phi) is 4.12. The van der Waals surface area contributed by atoms with Crippen LogP contribution in [0, 0.1) is 11.6 Å². The number of nitrogens with two attached hydrogens (primary N) is 1. The van der Waals surface area contributed by atoms with Gasteiger partial charge in [0.25, 0.3) is 0 Å². The number of benzene rings is 2. The summed E-state index contributed by atoms with van der Waals surface area (Å²) in [6.07, 6.45) is 0. The SMILES string of the molecule is C[C@@H](N)c1ccccc1OCc1cc(F)cc(F)c1. The van der Waals surface area contributed by atoms with Gasteiger partial charge in [-0.2, -0.15) is 0 Å². The lowest BCUT2D eigenvalue weighted by Gasteiger charge is -2.13. The Morgan fingerprint density at radius 1 is 1.11 bits per heavy atom. The van der Waals surface area contributed by atoms with Crippen molar-refractivity contribution in [1.29, 1.82) is 0 Å². The Balaban J connectivity index is 2.14. The second kappa shape index (κ2) is 5.80. The van der Waals surface area contributed by atoms with E-state index in [1.807, 2.05) is 25.1 Å². The molecule has 0 radical (unpaired) electrons. The van der Waals surface area contributed by atoms with Crippen molar-refractivity contribution < 1.29 is 13.5 Å². The van der Waals surface area contributed by atoms with Crippen molar-refractivity contribution in [2.24, 2.45) is 5.73 Å². The second-order valence-corrected chi connectivity index (χ2v) is 4.39. The summed E-state index contributed by atoms with van der Waals surface area (Å²) in [6.45, 7) is 1.95. The first-order valence-corrected chi connectivity index (χ1v) is 5.98. The summed E-state index contributed by atoms with van der Waals surface area (Å²) in [4.78, 5) is 0. The van der Waals surface area contributed by atoms with Gasteiger partial charge in [-0.05, 0) is 30.7 Å². The molecular formula is C15H15F2NO. The van der Waals surface area contributed by atoms with Gasteiger partial charge in [0.15, 0.2) is 0 Å². The maximum Gasteiger partial charge on any atom is 0.126 e. The maximum absolute atomic E-state index is 13.0. The third kappa shape index (κ3) is 3.51. The van der Waals surface area contributed by atoms with Gasteiger partial charge in [0.2, 0.25) is 0 Å². The first kappa shape index (κ1) is 13.5. The molecule has 0 spiro atoms. The smallest absolute Gasteiger partial charge is 0.126 e. The minimum atomic E-state index is -0.612. The summed E-state index contributed by atoms with van der Waals surface area (Å²) in [5, 5.41) is 0. The topological polar surface area (TPSA) is 35.2 Å². The van der Waals surface area contributed by atoms with Gasteiger partial charge >= 0.3 is 0 Å². The van der Waals surface area contributed by atoms with Crippen molar-refractivity contribution in [2.75, 3.05) is 0 Å². The van der Waals surface area contributed by atoms with E-state index >= 15 is 0 Å². The second-order valence-electron chi connectivity index (χ2n) is 4.39. The van der Waals surface area contributed by atoms with E-state index in [0.29, 0.717) is 11.3 Å². The van der Waals surface area contributed by atoms with E-state index < -0.39 is 11.6 Å². The molecule has 0 aromatic heterocycles. The van der Waals surface area contributed by atoms with Crippen molar-refractivity contribution in [1.82, 2.24) is 0 Å². The first-order valence-electron chi connectivity index (χ1n) is 5.98. The van der Waals surface area contributed by atoms with Gasteiger partial charge in [-0.3, -0.25) is 0 Å². The molecule has 2 aromatic rings. The van der Waals surface area contributed by atoms with Crippen LogP contribution in [0.3, 0.4) is 0 Å². The normalized spacial score (nSPS) is 12.2. The zero-order chi connectivity index (χ0) is 13.8. The van der Waals surface area contributed by atoms with E-state index in [2.05, 4.69) is 0 Å². The molecule has 0 aliphatic heterocycles. The fourth-order valence-electron chi connectivity index (χ4n) is 1.84. The van der Waals surface area contributed by atoms with Crippen LogP contribution < -0.4 is 10.5 Å². The molecule has 2 N–H and O–H groups in total. The van der Waals surface area contributed by atoms with Gasteiger partial charge < -0.3 is 10.5 Å². The van der Waals surface area contributed by atoms with Crippen molar-refractivity contribution in [3.8, 4) is 5.75 Å². The van der Waals surface area contributed by atoms with Crippen LogP contribution >= 0.6 is 0 Å². The number of ether oxygens (including phenoxy) is 1. The molecule has 100 valence electrons. The molecule has 0 saturated carbocycles. The summed E-state index contributed by atoms with van der Waals surface area (Å²) in [5.41, 5.74) is 7.13. The van der Waals surface area contributed by atoms with Crippen LogP contribution in [-0.2, 0) is 6.61 Å². The fraction of sp³-hybridized carbons (Fsp3) is 0.200. The summed E-state index contributed by atoms with van der Waals surface area (Å²) in [5.74, 6) is -0.597. The highest BCUT2D eigenvalue weighted by Gasteiger charge is 2.08. The number of halogens is 2. The van der Waals surface area contributed by atoms with Gasteiger partial charge in [0.1, 0.15) is 24.0 Å². The quantitative estimate of drug-likeness (QED) is 0.915. The van der Waals surface area contributed by atoms with E-state index in [4.69, 9.17) is 10.5 Å². The Morgan fingerprint density at radius 2 is 1.74 bits per heavy atom. The molecule has 0 saturated heterocycles. The maximum atomic E-state index is 13.0. The zero-order valence-corrected chi connectivity index (χ0v) is 10.6. The van der Waals surface area contributed by atoms with Gasteiger partial charge in [-0.15, -0.1) is 0 Å². The molecule has 0 aliphatic rings. The van der Waals surface area contributed by atoms with Crippen molar-refractivity contribution >= 4 is 0 Å². The predicted molar refractivity (Wildman–Crippen MR) is 69.7 cm³/mol. The van der Waals surface area contributed by atoms with Crippen LogP contribution in [0.4, 0.5) is 8.78 Å². The number of hydrogen-bond donors (Lipinski definition) is 1. The lowest BCUT2D eigenvalue weighted by Crippen LogP contribution is -2.08. The van der Waals surface area contributed by atoms with Gasteiger partial charge in [0, 0.05) is 17.7 Å². The summed E-state index contributed by atoms with van der Waals surface area (Å²) >= 11 is 0. The molecule has 0 fully saturated rings. The molecule has 19 heavy (non-hydrogen) atoms. The summed E-state index contributed by atoms with van der Waals surface area (Å²) in [7, 11) is 0. The molecule has 4 heteroatoms. The van der Waals surface area contributed by atoms with Crippen molar-refractivity contribution in [2.45, 2.75) is 19.6 Å². The molecule has 1 atom stereocenters. The largest absolute Gasteiger partial charge is 0.489 e. The predicted octanol–water partition coefficient (Wildman–Crippen LogP) is 3.56. The molecule has 2 rings (SSSR count). The fourth-order valence-corrected chi connectivity index (χ4v) is 1.84. The molecular weight excluding hydrogens is 248 g/mol. The van der Waals surface area contributed by atoms with Crippen molar-refractivity contribution in [3.05, 3.63) is 65.2 Å². The third-order valence-corrected chi connectivity index (χ3v) is 2.73. The average Bonchev–Trinajstić information content (AvgIpc) is 2.35. The Morgan fingerprint density at radius 3 is 2.37 bits per heavy atom. The number of rotatable bonds is 4. The zero-order valence-electron chi connectivity index (χ0n) is 10.6. The minimum absolute atomic E-state index is 0.0956. The highest BCUT2D eigenvalue weighted by Crippen LogP contribution is 2.24. The molecule has 0 heterocycles. The van der Waals surface area contributed by atoms with Crippen LogP contribution in [-0.4, -0.2) is 0 Å².